The number of hydrogen-bond donors (Lipinski definition) is 1. The van der Waals surface area contributed by atoms with E-state index in [1.165, 1.54) is 11.3 Å². The molecule has 16 heavy (non-hydrogen) atoms. The Kier molecular flexibility index (Phi) is 2.78. The quantitative estimate of drug-likeness (QED) is 0.891. The summed E-state index contributed by atoms with van der Waals surface area (Å²) in [5, 5.41) is 11.3. The van der Waals surface area contributed by atoms with Gasteiger partial charge in [-0.05, 0) is 26.0 Å². The van der Waals surface area contributed by atoms with E-state index in [0.29, 0.717) is 11.5 Å². The van der Waals surface area contributed by atoms with Gasteiger partial charge in [-0.3, -0.25) is 4.79 Å². The van der Waals surface area contributed by atoms with Gasteiger partial charge in [-0.15, -0.1) is 11.3 Å². The summed E-state index contributed by atoms with van der Waals surface area (Å²) in [6.07, 6.45) is 0. The number of aryl methyl sites for hydroxylation is 1. The Morgan fingerprint density at radius 1 is 1.56 bits per heavy atom. The molecule has 84 valence electrons. The molecule has 0 aliphatic heterocycles. The minimum absolute atomic E-state index is 0.571. The van der Waals surface area contributed by atoms with Gasteiger partial charge in [-0.2, -0.15) is 0 Å². The van der Waals surface area contributed by atoms with Gasteiger partial charge < -0.3 is 9.52 Å². The van der Waals surface area contributed by atoms with E-state index in [-0.39, 0.29) is 0 Å². The molecule has 0 aliphatic carbocycles. The van der Waals surface area contributed by atoms with Crippen molar-refractivity contribution in [3.8, 4) is 10.8 Å². The molecule has 1 unspecified atom stereocenters. The molecule has 2 aromatic rings. The molecule has 0 aliphatic rings. The van der Waals surface area contributed by atoms with Gasteiger partial charge in [-0.1, -0.05) is 0 Å². The number of rotatable bonds is 3. The predicted octanol–water partition coefficient (Wildman–Crippen LogP) is 2.90. The van der Waals surface area contributed by atoms with Crippen molar-refractivity contribution in [1.82, 2.24) is 4.98 Å². The maximum atomic E-state index is 10.8. The maximum Gasteiger partial charge on any atom is 0.312 e. The Hall–Kier alpha value is -1.62. The summed E-state index contributed by atoms with van der Waals surface area (Å²) < 4.78 is 5.42. The summed E-state index contributed by atoms with van der Waals surface area (Å²) in [4.78, 5) is 15.0. The van der Waals surface area contributed by atoms with Crippen LogP contribution >= 0.6 is 11.3 Å². The van der Waals surface area contributed by atoms with Gasteiger partial charge in [0.2, 0.25) is 0 Å². The number of carboxylic acid groups (broad SMARTS) is 1. The number of furan rings is 1. The van der Waals surface area contributed by atoms with E-state index in [2.05, 4.69) is 4.98 Å². The second-order valence-corrected chi connectivity index (χ2v) is 4.41. The average Bonchev–Trinajstić information content (AvgIpc) is 2.84. The third-order valence-corrected chi connectivity index (χ3v) is 3.16. The molecule has 2 aromatic heterocycles. The minimum Gasteiger partial charge on any atom is -0.481 e. The lowest BCUT2D eigenvalue weighted by atomic mass is 10.1. The summed E-state index contributed by atoms with van der Waals surface area (Å²) in [7, 11) is 0. The normalized spacial score (nSPS) is 12.6. The van der Waals surface area contributed by atoms with Crippen molar-refractivity contribution in [2.75, 3.05) is 0 Å². The lowest BCUT2D eigenvalue weighted by Gasteiger charge is -1.99. The molecule has 0 fully saturated rings. The summed E-state index contributed by atoms with van der Waals surface area (Å²) in [5.74, 6) is 0.0536. The number of aliphatic carboxylic acids is 1. The fraction of sp³-hybridized carbons (Fsp3) is 0.273. The fourth-order valence-corrected chi connectivity index (χ4v) is 2.15. The molecule has 0 radical (unpaired) electrons. The van der Waals surface area contributed by atoms with E-state index in [0.717, 1.165) is 10.8 Å². The van der Waals surface area contributed by atoms with Gasteiger partial charge in [-0.25, -0.2) is 4.98 Å². The number of carbonyl (C=O) groups is 1. The monoisotopic (exact) mass is 237 g/mol. The van der Waals surface area contributed by atoms with Gasteiger partial charge in [0, 0.05) is 5.38 Å². The molecule has 0 bridgehead atoms. The molecule has 5 heteroatoms. The van der Waals surface area contributed by atoms with Crippen molar-refractivity contribution in [2.45, 2.75) is 19.8 Å². The molecule has 0 spiro atoms. The average molecular weight is 237 g/mol. The molecule has 4 nitrogen and oxygen atoms in total. The summed E-state index contributed by atoms with van der Waals surface area (Å²) in [5.41, 5.74) is 0.571. The third-order valence-electron chi connectivity index (χ3n) is 2.29. The molecule has 0 amide bonds. The van der Waals surface area contributed by atoms with Crippen LogP contribution in [0.3, 0.4) is 0 Å². The molecule has 2 rings (SSSR count). The Morgan fingerprint density at radius 3 is 2.88 bits per heavy atom. The van der Waals surface area contributed by atoms with E-state index in [9.17, 15) is 4.79 Å². The summed E-state index contributed by atoms with van der Waals surface area (Å²) >= 11 is 1.39. The van der Waals surface area contributed by atoms with Crippen molar-refractivity contribution in [2.24, 2.45) is 0 Å². The molecule has 0 aromatic carbocycles. The second-order valence-electron chi connectivity index (χ2n) is 3.55. The molecular weight excluding hydrogens is 226 g/mol. The molecule has 1 atom stereocenters. The van der Waals surface area contributed by atoms with Crippen molar-refractivity contribution in [1.29, 1.82) is 0 Å². The first-order valence-corrected chi connectivity index (χ1v) is 5.71. The standard InChI is InChI=1S/C11H11NO3S/c1-6-3-4-9(15-6)10-12-8(5-16-10)7(2)11(13)14/h3-5,7H,1-2H3,(H,13,14). The van der Waals surface area contributed by atoms with E-state index in [1.54, 1.807) is 12.3 Å². The zero-order chi connectivity index (χ0) is 11.7. The highest BCUT2D eigenvalue weighted by atomic mass is 32.1. The van der Waals surface area contributed by atoms with Gasteiger partial charge >= 0.3 is 5.97 Å². The number of thiazole rings is 1. The van der Waals surface area contributed by atoms with E-state index >= 15 is 0 Å². The first-order valence-electron chi connectivity index (χ1n) is 4.83. The van der Waals surface area contributed by atoms with Crippen molar-refractivity contribution in [3.63, 3.8) is 0 Å². The Labute approximate surface area is 96.6 Å². The Morgan fingerprint density at radius 2 is 2.31 bits per heavy atom. The first-order chi connectivity index (χ1) is 7.58. The van der Waals surface area contributed by atoms with Crippen LogP contribution in [-0.2, 0) is 4.79 Å². The first kappa shape index (κ1) is 10.9. The zero-order valence-corrected chi connectivity index (χ0v) is 9.75. The van der Waals surface area contributed by atoms with E-state index in [1.807, 2.05) is 19.1 Å². The van der Waals surface area contributed by atoms with Crippen LogP contribution < -0.4 is 0 Å². The summed E-state index contributed by atoms with van der Waals surface area (Å²) in [6.45, 7) is 3.48. The van der Waals surface area contributed by atoms with Crippen LogP contribution in [0.5, 0.6) is 0 Å². The number of aromatic nitrogens is 1. The summed E-state index contributed by atoms with van der Waals surface area (Å²) in [6, 6.07) is 3.69. The topological polar surface area (TPSA) is 63.3 Å². The lowest BCUT2D eigenvalue weighted by Crippen LogP contribution is -2.07. The fourth-order valence-electron chi connectivity index (χ4n) is 1.27. The van der Waals surface area contributed by atoms with E-state index in [4.69, 9.17) is 9.52 Å². The lowest BCUT2D eigenvalue weighted by molar-refractivity contribution is -0.138. The van der Waals surface area contributed by atoms with Crippen molar-refractivity contribution < 1.29 is 14.3 Å². The molecule has 1 N–H and O–H groups in total. The zero-order valence-electron chi connectivity index (χ0n) is 8.93. The van der Waals surface area contributed by atoms with Gasteiger partial charge in [0.1, 0.15) is 5.76 Å². The SMILES string of the molecule is Cc1ccc(-c2nc(C(C)C(=O)O)cs2)o1. The van der Waals surface area contributed by atoms with Crippen LogP contribution in [0.15, 0.2) is 21.9 Å². The third kappa shape index (κ3) is 1.99. The number of hydrogen-bond acceptors (Lipinski definition) is 4. The van der Waals surface area contributed by atoms with Gasteiger partial charge in [0.15, 0.2) is 10.8 Å². The van der Waals surface area contributed by atoms with Crippen molar-refractivity contribution in [3.05, 3.63) is 29.0 Å². The highest BCUT2D eigenvalue weighted by Gasteiger charge is 2.18. The van der Waals surface area contributed by atoms with Crippen LogP contribution in [0.25, 0.3) is 10.8 Å². The van der Waals surface area contributed by atoms with E-state index < -0.39 is 11.9 Å². The molecular formula is C11H11NO3S. The molecule has 0 saturated heterocycles. The Bertz CT molecular complexity index is 515. The van der Waals surface area contributed by atoms with Crippen LogP contribution in [0, 0.1) is 6.92 Å². The minimum atomic E-state index is -0.868. The number of nitrogens with zero attached hydrogens (tertiary/aromatic N) is 1. The van der Waals surface area contributed by atoms with Crippen LogP contribution in [0.4, 0.5) is 0 Å². The van der Waals surface area contributed by atoms with Gasteiger partial charge in [0.05, 0.1) is 11.6 Å². The van der Waals surface area contributed by atoms with Crippen molar-refractivity contribution >= 4 is 17.3 Å². The largest absolute Gasteiger partial charge is 0.481 e. The van der Waals surface area contributed by atoms with Crippen LogP contribution in [0.1, 0.15) is 24.3 Å². The smallest absolute Gasteiger partial charge is 0.312 e. The molecule has 0 saturated carbocycles. The highest BCUT2D eigenvalue weighted by Crippen LogP contribution is 2.28. The Balaban J connectivity index is 2.29. The second kappa shape index (κ2) is 4.09. The maximum absolute atomic E-state index is 10.8. The highest BCUT2D eigenvalue weighted by molar-refractivity contribution is 7.13. The molecule has 2 heterocycles. The number of carboxylic acids is 1. The van der Waals surface area contributed by atoms with Crippen LogP contribution in [0.2, 0.25) is 0 Å². The predicted molar refractivity (Wildman–Crippen MR) is 60.6 cm³/mol. The van der Waals surface area contributed by atoms with Crippen LogP contribution in [-0.4, -0.2) is 16.1 Å². The van der Waals surface area contributed by atoms with Gasteiger partial charge in [0.25, 0.3) is 0 Å².